The predicted molar refractivity (Wildman–Crippen MR) is 286 cm³/mol. The van der Waals surface area contributed by atoms with E-state index in [2.05, 4.69) is 78.9 Å². The second-order valence-corrected chi connectivity index (χ2v) is 24.7. The van der Waals surface area contributed by atoms with Gasteiger partial charge in [0, 0.05) is 90.2 Å². The summed E-state index contributed by atoms with van der Waals surface area (Å²) in [6, 6.07) is 22.8. The zero-order chi connectivity index (χ0) is 52.4. The van der Waals surface area contributed by atoms with Gasteiger partial charge in [0.2, 0.25) is 5.36 Å². The van der Waals surface area contributed by atoms with Crippen molar-refractivity contribution in [2.45, 2.75) is 87.3 Å². The zero-order valence-electron chi connectivity index (χ0n) is 42.9. The lowest BCUT2D eigenvalue weighted by molar-refractivity contribution is -0.911. The van der Waals surface area contributed by atoms with Crippen LogP contribution in [0.2, 0.25) is 0 Å². The number of quaternary nitrogens is 2. The van der Waals surface area contributed by atoms with Crippen LogP contribution in [0.25, 0.3) is 16.3 Å². The molecule has 5 aliphatic heterocycles. The molecule has 7 aromatic rings. The fraction of sp³-hybridized carbons (Fsp3) is 0.400. The molecule has 0 aliphatic carbocycles. The van der Waals surface area contributed by atoms with Gasteiger partial charge in [-0.15, -0.1) is 10.2 Å². The SMILES string of the molecule is C[N+]1(Cc2cn(CCN(CCn3cc(C[N+]4(C)CCCC4)nn3)c3ccc(N=Nc4ccc5c6c(ccc5c4)C(c4ccc(S(=O)(=O)O)cc4S(=O)(=O)O)=c4cc5c7c(c4O6)CCC[N+]=7CCC5)cc3)nn2)CCCC1. The van der Waals surface area contributed by atoms with Crippen molar-refractivity contribution in [2.75, 3.05) is 71.4 Å². The number of anilines is 1. The van der Waals surface area contributed by atoms with E-state index in [0.29, 0.717) is 65.4 Å². The van der Waals surface area contributed by atoms with Crippen LogP contribution in [0, 0.1) is 0 Å². The second-order valence-electron chi connectivity index (χ2n) is 21.9. The Balaban J connectivity index is 0.831. The molecule has 76 heavy (non-hydrogen) atoms. The molecule has 5 aromatic carbocycles. The minimum Gasteiger partial charge on any atom is -0.455 e. The summed E-state index contributed by atoms with van der Waals surface area (Å²) in [4.78, 5) is 1.03. The number of aryl methyl sites for hydroxylation is 1. The first-order valence-corrected chi connectivity index (χ1v) is 29.3. The minimum atomic E-state index is -5.00. The molecule has 7 heterocycles. The van der Waals surface area contributed by atoms with Crippen molar-refractivity contribution in [2.24, 2.45) is 10.2 Å². The maximum Gasteiger partial charge on any atom is 0.295 e. The van der Waals surface area contributed by atoms with Crippen molar-refractivity contribution < 1.29 is 39.6 Å². The number of hydrogen-bond donors (Lipinski definition) is 2. The van der Waals surface area contributed by atoms with Crippen LogP contribution in [-0.4, -0.2) is 131 Å². The Labute approximate surface area is 441 Å². The lowest BCUT2D eigenvalue weighted by atomic mass is 9.86. The lowest BCUT2D eigenvalue weighted by Gasteiger charge is -2.27. The third-order valence-electron chi connectivity index (χ3n) is 16.2. The maximum atomic E-state index is 13.1. The first-order valence-electron chi connectivity index (χ1n) is 26.4. The van der Waals surface area contributed by atoms with Gasteiger partial charge in [0.1, 0.15) is 54.0 Å². The molecule has 2 saturated heterocycles. The Morgan fingerprint density at radius 3 is 1.91 bits per heavy atom. The predicted octanol–water partition coefficient (Wildman–Crippen LogP) is 6.36. The van der Waals surface area contributed by atoms with Gasteiger partial charge in [-0.2, -0.15) is 27.1 Å². The average molecular weight is 1070 g/mol. The van der Waals surface area contributed by atoms with Crippen molar-refractivity contribution >= 4 is 53.6 Å². The van der Waals surface area contributed by atoms with Crippen LogP contribution in [0.4, 0.5) is 17.1 Å². The third-order valence-corrected chi connectivity index (χ3v) is 18.0. The molecule has 0 bridgehead atoms. The second kappa shape index (κ2) is 19.7. The average Bonchev–Trinajstić information content (AvgIpc) is 4.34. The van der Waals surface area contributed by atoms with Crippen LogP contribution in [0.1, 0.15) is 72.2 Å². The Morgan fingerprint density at radius 2 is 1.28 bits per heavy atom. The summed E-state index contributed by atoms with van der Waals surface area (Å²) < 4.78 is 86.6. The van der Waals surface area contributed by atoms with Crippen LogP contribution in [0.3, 0.4) is 0 Å². The summed E-state index contributed by atoms with van der Waals surface area (Å²) in [6.45, 7) is 11.0. The van der Waals surface area contributed by atoms with Crippen LogP contribution in [0.5, 0.6) is 11.5 Å². The smallest absolute Gasteiger partial charge is 0.295 e. The van der Waals surface area contributed by atoms with Gasteiger partial charge in [-0.05, 0) is 85.0 Å². The highest BCUT2D eigenvalue weighted by atomic mass is 32.2. The van der Waals surface area contributed by atoms with Gasteiger partial charge in [-0.25, -0.2) is 4.58 Å². The quantitative estimate of drug-likeness (QED) is 0.0469. The van der Waals surface area contributed by atoms with Gasteiger partial charge in [-0.1, -0.05) is 22.6 Å². The molecule has 0 radical (unpaired) electrons. The number of fused-ring (bicyclic) bond motifs is 5. The van der Waals surface area contributed by atoms with Gasteiger partial charge < -0.3 is 18.6 Å². The van der Waals surface area contributed by atoms with E-state index < -0.39 is 30.0 Å². The van der Waals surface area contributed by atoms with E-state index >= 15 is 0 Å². The van der Waals surface area contributed by atoms with Gasteiger partial charge in [-0.3, -0.25) is 18.5 Å². The van der Waals surface area contributed by atoms with Crippen LogP contribution in [0.15, 0.2) is 111 Å². The van der Waals surface area contributed by atoms with E-state index in [-0.39, 0.29) is 5.56 Å². The van der Waals surface area contributed by atoms with E-state index in [0.717, 1.165) is 117 Å². The lowest BCUT2D eigenvalue weighted by Crippen LogP contribution is -2.45. The highest BCUT2D eigenvalue weighted by Gasteiger charge is 2.35. The van der Waals surface area contributed by atoms with E-state index in [1.165, 1.54) is 57.9 Å². The fourth-order valence-electron chi connectivity index (χ4n) is 12.4. The standard InChI is InChI=1S/C55H61N12O7S2/c1-66(27-3-4-28-66)36-42-34-64(60-58-42)25-23-62(24-26-65-35-43(59-61-65)37-67(2)29-5-6-30-67)44-15-12-40(13-16-44)56-57-41-14-19-46-38(31-41)11-18-48-52(47-20-17-45(75(68,69)70)33-51(47)76(71,72)73)50-32-39-9-7-21-63-22-8-10-49(53(39)63)55(50)74-54(46)48/h11-20,31-35H,3-10,21-30,36-37H2,1-2H3/q+1/p+2. The van der Waals surface area contributed by atoms with Crippen molar-refractivity contribution in [1.82, 2.24) is 34.6 Å². The molecule has 19 nitrogen and oxygen atoms in total. The van der Waals surface area contributed by atoms with E-state index in [9.17, 15) is 25.9 Å². The minimum absolute atomic E-state index is 0.0789. The monoisotopic (exact) mass is 1070 g/mol. The fourth-order valence-corrected chi connectivity index (χ4v) is 13.7. The molecular formula is C55H63N12O7S2+3. The largest absolute Gasteiger partial charge is 0.455 e. The summed E-state index contributed by atoms with van der Waals surface area (Å²) in [5, 5.41) is 30.8. The number of rotatable bonds is 16. The summed E-state index contributed by atoms with van der Waals surface area (Å²) in [6.07, 6.45) is 12.6. The van der Waals surface area contributed by atoms with Crippen LogP contribution in [-0.2, 0) is 59.3 Å². The van der Waals surface area contributed by atoms with Crippen LogP contribution >= 0.6 is 0 Å². The first-order chi connectivity index (χ1) is 36.5. The molecule has 0 atom stereocenters. The summed E-state index contributed by atoms with van der Waals surface area (Å²) >= 11 is 0. The van der Waals surface area contributed by atoms with Crippen molar-refractivity contribution in [3.05, 3.63) is 135 Å². The van der Waals surface area contributed by atoms with Crippen LogP contribution < -0.4 is 24.8 Å². The van der Waals surface area contributed by atoms with E-state index in [4.69, 9.17) is 4.74 Å². The highest BCUT2D eigenvalue weighted by molar-refractivity contribution is 7.86. The normalized spacial score (nSPS) is 17.7. The van der Waals surface area contributed by atoms with Gasteiger partial charge in [0.15, 0.2) is 0 Å². The van der Waals surface area contributed by atoms with Crippen molar-refractivity contribution in [3.8, 4) is 11.5 Å². The topological polar surface area (TPSA) is 210 Å². The molecule has 394 valence electrons. The Morgan fingerprint density at radius 1 is 0.671 bits per heavy atom. The number of nitrogens with zero attached hydrogens (tertiary/aromatic N) is 12. The number of ether oxygens (including phenoxy) is 1. The van der Waals surface area contributed by atoms with Gasteiger partial charge in [0.25, 0.3) is 20.2 Å². The molecular weight excluding hydrogens is 1000 g/mol. The molecule has 0 saturated carbocycles. The number of azo groups is 1. The summed E-state index contributed by atoms with van der Waals surface area (Å²) in [5.41, 5.74) is 7.60. The Bertz CT molecular complexity index is 3760. The number of hydrogen-bond acceptors (Lipinski definition) is 12. The van der Waals surface area contributed by atoms with E-state index in [1.807, 2.05) is 57.9 Å². The molecule has 2 N–H and O–H groups in total. The number of aromatic nitrogens is 6. The molecule has 5 aliphatic rings. The third kappa shape index (κ3) is 10.1. The Kier molecular flexibility index (Phi) is 13.0. The molecule has 21 heteroatoms. The maximum absolute atomic E-state index is 13.1. The molecule has 2 aromatic heterocycles. The molecule has 12 rings (SSSR count). The van der Waals surface area contributed by atoms with E-state index in [1.54, 1.807) is 0 Å². The first kappa shape index (κ1) is 50.1. The molecule has 0 spiro atoms. The summed E-state index contributed by atoms with van der Waals surface area (Å²) in [5.74, 6) is 1.08. The number of benzene rings is 5. The Hall–Kier alpha value is -6.75. The molecule has 2 fully saturated rings. The summed E-state index contributed by atoms with van der Waals surface area (Å²) in [7, 11) is -5.20. The zero-order valence-corrected chi connectivity index (χ0v) is 44.6. The molecule has 0 unspecified atom stereocenters. The van der Waals surface area contributed by atoms with Gasteiger partial charge in [0.05, 0.1) is 87.6 Å². The van der Waals surface area contributed by atoms with Crippen molar-refractivity contribution in [1.29, 1.82) is 0 Å². The van der Waals surface area contributed by atoms with Gasteiger partial charge >= 0.3 is 0 Å². The molecule has 0 amide bonds. The van der Waals surface area contributed by atoms with Crippen molar-refractivity contribution in [3.63, 3.8) is 0 Å². The highest BCUT2D eigenvalue weighted by Crippen LogP contribution is 2.44. The number of likely N-dealkylation sites (tertiary alicyclic amines) is 2.